The molecule has 5 heteroatoms. The third kappa shape index (κ3) is 1.91. The van der Waals surface area contributed by atoms with Crippen molar-refractivity contribution in [3.05, 3.63) is 66.1 Å². The third-order valence-electron chi connectivity index (χ3n) is 4.20. The number of para-hydroxylation sites is 1. The quantitative estimate of drug-likeness (QED) is 0.515. The van der Waals surface area contributed by atoms with E-state index >= 15 is 0 Å². The van der Waals surface area contributed by atoms with Gasteiger partial charge in [0.2, 0.25) is 0 Å². The van der Waals surface area contributed by atoms with Crippen molar-refractivity contribution in [1.29, 1.82) is 0 Å². The Kier molecular flexibility index (Phi) is 2.70. The van der Waals surface area contributed by atoms with E-state index in [1.165, 1.54) is 12.1 Å². The number of ether oxygens (including phenoxy) is 1. The fourth-order valence-corrected chi connectivity index (χ4v) is 3.06. The molecule has 0 unspecified atom stereocenters. The maximum Gasteiger partial charge on any atom is 0.167 e. The van der Waals surface area contributed by atoms with Gasteiger partial charge < -0.3 is 9.26 Å². The summed E-state index contributed by atoms with van der Waals surface area (Å²) in [5.41, 5.74) is 4.64. The topological polar surface area (TPSA) is 48.2 Å². The van der Waals surface area contributed by atoms with Crippen molar-refractivity contribution in [1.82, 2.24) is 10.1 Å². The van der Waals surface area contributed by atoms with E-state index in [0.29, 0.717) is 17.9 Å². The summed E-state index contributed by atoms with van der Waals surface area (Å²) in [6, 6.07) is 14.1. The van der Waals surface area contributed by atoms with E-state index in [0.717, 1.165) is 33.5 Å². The molecule has 0 bridgehead atoms. The molecule has 2 aromatic carbocycles. The Hall–Kier alpha value is -3.21. The van der Waals surface area contributed by atoms with Crippen LogP contribution in [0, 0.1) is 5.82 Å². The van der Waals surface area contributed by atoms with Crippen LogP contribution in [0.15, 0.2) is 59.3 Å². The minimum Gasteiger partial charge on any atom is -0.488 e. The lowest BCUT2D eigenvalue weighted by Gasteiger charge is -2.20. The number of pyridine rings is 1. The van der Waals surface area contributed by atoms with E-state index in [1.54, 1.807) is 12.3 Å². The van der Waals surface area contributed by atoms with Crippen LogP contribution in [0.1, 0.15) is 5.56 Å². The van der Waals surface area contributed by atoms with Gasteiger partial charge in [0, 0.05) is 28.3 Å². The van der Waals surface area contributed by atoms with Crippen molar-refractivity contribution in [2.45, 2.75) is 6.61 Å². The summed E-state index contributed by atoms with van der Waals surface area (Å²) in [7, 11) is 0. The number of aromatic nitrogens is 2. The number of benzene rings is 2. The Morgan fingerprint density at radius 2 is 1.92 bits per heavy atom. The van der Waals surface area contributed by atoms with E-state index in [1.807, 2.05) is 30.3 Å². The first-order valence-corrected chi connectivity index (χ1v) is 7.56. The van der Waals surface area contributed by atoms with Gasteiger partial charge in [0.25, 0.3) is 0 Å². The Bertz CT molecular complexity index is 1090. The number of fused-ring (bicyclic) bond motifs is 4. The van der Waals surface area contributed by atoms with E-state index in [9.17, 15) is 4.39 Å². The first-order valence-electron chi connectivity index (χ1n) is 7.56. The largest absolute Gasteiger partial charge is 0.488 e. The average molecular weight is 318 g/mol. The standard InChI is InChI=1S/C19H11FN2O2/c20-13-5-6-16-15(8-13)18-12(10-23-16)7-11(9-21-18)19-14-3-1-2-4-17(14)24-22-19/h1-9H,10H2. The summed E-state index contributed by atoms with van der Waals surface area (Å²) in [6.45, 7) is 0.393. The van der Waals surface area contributed by atoms with Crippen LogP contribution in [0.4, 0.5) is 4.39 Å². The molecule has 0 radical (unpaired) electrons. The van der Waals surface area contributed by atoms with Crippen LogP contribution in [-0.4, -0.2) is 10.1 Å². The summed E-state index contributed by atoms with van der Waals surface area (Å²) in [6.07, 6.45) is 1.74. The van der Waals surface area contributed by atoms with Crippen LogP contribution in [0.3, 0.4) is 0 Å². The molecule has 1 aliphatic rings. The lowest BCUT2D eigenvalue weighted by atomic mass is 10.00. The van der Waals surface area contributed by atoms with Gasteiger partial charge in [-0.3, -0.25) is 4.98 Å². The predicted molar refractivity (Wildman–Crippen MR) is 87.0 cm³/mol. The zero-order chi connectivity index (χ0) is 16.1. The number of hydrogen-bond donors (Lipinski definition) is 0. The van der Waals surface area contributed by atoms with Gasteiger partial charge in [-0.2, -0.15) is 0 Å². The Balaban J connectivity index is 1.67. The molecule has 4 aromatic rings. The molecule has 24 heavy (non-hydrogen) atoms. The average Bonchev–Trinajstić information content (AvgIpc) is 3.05. The second kappa shape index (κ2) is 4.89. The number of nitrogens with zero attached hydrogens (tertiary/aromatic N) is 2. The van der Waals surface area contributed by atoms with Gasteiger partial charge >= 0.3 is 0 Å². The fourth-order valence-electron chi connectivity index (χ4n) is 3.06. The molecule has 0 amide bonds. The molecule has 0 spiro atoms. The molecule has 0 N–H and O–H groups in total. The zero-order valence-corrected chi connectivity index (χ0v) is 12.5. The van der Waals surface area contributed by atoms with Crippen molar-refractivity contribution in [2.75, 3.05) is 0 Å². The summed E-state index contributed by atoms with van der Waals surface area (Å²) in [5.74, 6) is 0.342. The summed E-state index contributed by atoms with van der Waals surface area (Å²) in [5, 5.41) is 5.09. The lowest BCUT2D eigenvalue weighted by molar-refractivity contribution is 0.301. The zero-order valence-electron chi connectivity index (χ0n) is 12.5. The van der Waals surface area contributed by atoms with Crippen molar-refractivity contribution in [3.8, 4) is 28.3 Å². The van der Waals surface area contributed by atoms with Crippen LogP contribution in [0.25, 0.3) is 33.5 Å². The number of halogens is 1. The molecule has 116 valence electrons. The molecular weight excluding hydrogens is 307 g/mol. The number of hydrogen-bond acceptors (Lipinski definition) is 4. The van der Waals surface area contributed by atoms with Crippen molar-refractivity contribution in [3.63, 3.8) is 0 Å². The monoisotopic (exact) mass is 318 g/mol. The van der Waals surface area contributed by atoms with Gasteiger partial charge in [0.05, 0.1) is 5.69 Å². The molecule has 1 aliphatic heterocycles. The van der Waals surface area contributed by atoms with Crippen molar-refractivity contribution >= 4 is 11.0 Å². The van der Waals surface area contributed by atoms with E-state index in [2.05, 4.69) is 10.1 Å². The number of rotatable bonds is 1. The lowest BCUT2D eigenvalue weighted by Crippen LogP contribution is -2.07. The van der Waals surface area contributed by atoms with E-state index in [-0.39, 0.29) is 5.82 Å². The highest BCUT2D eigenvalue weighted by molar-refractivity contribution is 5.91. The minimum atomic E-state index is -0.307. The third-order valence-corrected chi connectivity index (χ3v) is 4.20. The molecule has 3 heterocycles. The summed E-state index contributed by atoms with van der Waals surface area (Å²) < 4.78 is 24.6. The first kappa shape index (κ1) is 13.2. The second-order valence-corrected chi connectivity index (χ2v) is 5.69. The molecular formula is C19H11FN2O2. The maximum atomic E-state index is 13.6. The minimum absolute atomic E-state index is 0.307. The highest BCUT2D eigenvalue weighted by Crippen LogP contribution is 2.38. The molecule has 5 rings (SSSR count). The fraction of sp³-hybridized carbons (Fsp3) is 0.0526. The van der Waals surface area contributed by atoms with Crippen molar-refractivity contribution < 1.29 is 13.7 Å². The first-order chi connectivity index (χ1) is 11.8. The normalized spacial score (nSPS) is 12.5. The second-order valence-electron chi connectivity index (χ2n) is 5.69. The van der Waals surface area contributed by atoms with Crippen LogP contribution >= 0.6 is 0 Å². The van der Waals surface area contributed by atoms with E-state index < -0.39 is 0 Å². The Labute approximate surface area is 136 Å². The van der Waals surface area contributed by atoms with Gasteiger partial charge in [-0.1, -0.05) is 17.3 Å². The van der Waals surface area contributed by atoms with Crippen LogP contribution in [0.2, 0.25) is 0 Å². The maximum absolute atomic E-state index is 13.6. The Morgan fingerprint density at radius 1 is 1.00 bits per heavy atom. The summed E-state index contributed by atoms with van der Waals surface area (Å²) in [4.78, 5) is 4.54. The molecule has 4 nitrogen and oxygen atoms in total. The van der Waals surface area contributed by atoms with Gasteiger partial charge in [0.1, 0.15) is 23.9 Å². The van der Waals surface area contributed by atoms with E-state index in [4.69, 9.17) is 9.26 Å². The van der Waals surface area contributed by atoms with Gasteiger partial charge in [-0.05, 0) is 36.4 Å². The molecule has 0 saturated carbocycles. The van der Waals surface area contributed by atoms with Gasteiger partial charge in [-0.25, -0.2) is 4.39 Å². The van der Waals surface area contributed by atoms with Crippen LogP contribution < -0.4 is 4.74 Å². The molecule has 0 atom stereocenters. The summed E-state index contributed by atoms with van der Waals surface area (Å²) >= 11 is 0. The molecule has 0 fully saturated rings. The van der Waals surface area contributed by atoms with Crippen LogP contribution in [-0.2, 0) is 6.61 Å². The predicted octanol–water partition coefficient (Wildman–Crippen LogP) is 4.59. The van der Waals surface area contributed by atoms with Crippen molar-refractivity contribution in [2.24, 2.45) is 0 Å². The van der Waals surface area contributed by atoms with Gasteiger partial charge in [0.15, 0.2) is 5.58 Å². The molecule has 2 aromatic heterocycles. The highest BCUT2D eigenvalue weighted by Gasteiger charge is 2.21. The van der Waals surface area contributed by atoms with Crippen LogP contribution in [0.5, 0.6) is 5.75 Å². The highest BCUT2D eigenvalue weighted by atomic mass is 19.1. The SMILES string of the molecule is Fc1ccc2c(c1)-c1ncc(-c3noc4ccccc34)cc1CO2. The molecule has 0 saturated heterocycles. The smallest absolute Gasteiger partial charge is 0.167 e. The molecule has 0 aliphatic carbocycles. The Morgan fingerprint density at radius 3 is 2.88 bits per heavy atom. The van der Waals surface area contributed by atoms with Gasteiger partial charge in [-0.15, -0.1) is 0 Å².